The third-order valence-corrected chi connectivity index (χ3v) is 16.6. The van der Waals surface area contributed by atoms with Crippen molar-refractivity contribution in [2.75, 3.05) is 17.3 Å². The summed E-state index contributed by atoms with van der Waals surface area (Å²) in [5.74, 6) is -0.289. The number of carboxylic acids is 2. The number of phenolic OH excluding ortho intramolecular Hbond substituents is 2. The van der Waals surface area contributed by atoms with Crippen LogP contribution in [0.5, 0.6) is 11.5 Å². The topological polar surface area (TPSA) is 115 Å². The third-order valence-electron chi connectivity index (χ3n) is 14.0. The first-order valence-electron chi connectivity index (χ1n) is 26.6. The van der Waals surface area contributed by atoms with Crippen molar-refractivity contribution in [1.82, 2.24) is 0 Å². The number of hydrogen-bond acceptors (Lipinski definition) is 4. The first-order valence-corrected chi connectivity index (χ1v) is 28.3. The quantitative estimate of drug-likeness (QED) is 0.0340. The molecule has 0 spiro atoms. The first kappa shape index (κ1) is 59.5. The molecule has 66 heavy (non-hydrogen) atoms. The molecule has 0 saturated heterocycles. The second kappa shape index (κ2) is 27.5. The largest absolute Gasteiger partial charge is 0.507 e. The molecule has 0 amide bonds. The average molecular weight is 939 g/mol. The number of benzene rings is 2. The molecule has 0 heterocycles. The highest BCUT2D eigenvalue weighted by Gasteiger charge is 2.54. The van der Waals surface area contributed by atoms with E-state index < -0.39 is 44.9 Å². The molecule has 7 heteroatoms. The molecule has 2 rings (SSSR count). The van der Waals surface area contributed by atoms with Gasteiger partial charge in [-0.1, -0.05) is 224 Å². The maximum atomic E-state index is 14.3. The van der Waals surface area contributed by atoms with Crippen LogP contribution in [0.2, 0.25) is 0 Å². The van der Waals surface area contributed by atoms with E-state index in [2.05, 4.69) is 13.8 Å². The Bertz CT molecular complexity index is 1640. The van der Waals surface area contributed by atoms with Crippen molar-refractivity contribution < 1.29 is 30.0 Å². The van der Waals surface area contributed by atoms with Gasteiger partial charge in [0.25, 0.3) is 0 Å². The molecular weight excluding hydrogens is 837 g/mol. The number of phenols is 2. The number of aromatic hydroxyl groups is 2. The second-order valence-corrected chi connectivity index (χ2v) is 26.6. The van der Waals surface area contributed by atoms with Gasteiger partial charge in [-0.15, -0.1) is 0 Å². The second-order valence-electron chi connectivity index (χ2n) is 24.2. The molecule has 2 aromatic rings. The molecule has 0 aliphatic carbocycles. The molecule has 0 aromatic heterocycles. The zero-order chi connectivity index (χ0) is 49.9. The molecule has 2 aromatic carbocycles. The Morgan fingerprint density at radius 2 is 0.742 bits per heavy atom. The fourth-order valence-electron chi connectivity index (χ4n) is 9.80. The number of aliphatic carboxylic acids is 2. The lowest BCUT2D eigenvalue weighted by Crippen LogP contribution is -2.47. The SMILES string of the molecule is CCCCCCCCCCCC[S+](CCCCCCCCCCCC)CCC(c1cc(C(C)(C)C)c(O)c(C(C)(C)C)c1)C(Cc1cc(C(C)(C)C)c(O)c(C(C)(C)C)c1)(C(=O)O)C(=O)O. The summed E-state index contributed by atoms with van der Waals surface area (Å²) < 4.78 is 0. The van der Waals surface area contributed by atoms with Crippen molar-refractivity contribution in [2.45, 2.75) is 266 Å². The molecule has 0 fully saturated rings. The van der Waals surface area contributed by atoms with E-state index in [-0.39, 0.29) is 28.8 Å². The summed E-state index contributed by atoms with van der Waals surface area (Å²) in [5.41, 5.74) is -0.161. The van der Waals surface area contributed by atoms with E-state index >= 15 is 0 Å². The predicted octanol–water partition coefficient (Wildman–Crippen LogP) is 16.6. The molecule has 0 aliphatic heterocycles. The lowest BCUT2D eigenvalue weighted by Gasteiger charge is -2.37. The fraction of sp³-hybridized carbons (Fsp3) is 0.763. The van der Waals surface area contributed by atoms with Gasteiger partial charge in [-0.3, -0.25) is 9.59 Å². The monoisotopic (exact) mass is 938 g/mol. The van der Waals surface area contributed by atoms with Crippen LogP contribution in [-0.2, 0) is 48.6 Å². The zero-order valence-corrected chi connectivity index (χ0v) is 45.9. The summed E-state index contributed by atoms with van der Waals surface area (Å²) in [6.07, 6.45) is 25.7. The van der Waals surface area contributed by atoms with Gasteiger partial charge in [0.1, 0.15) is 28.8 Å². The van der Waals surface area contributed by atoms with Gasteiger partial charge < -0.3 is 20.4 Å². The summed E-state index contributed by atoms with van der Waals surface area (Å²) in [7, 11) is -0.00341. The van der Waals surface area contributed by atoms with E-state index in [4.69, 9.17) is 0 Å². The minimum atomic E-state index is -2.23. The van der Waals surface area contributed by atoms with Crippen molar-refractivity contribution in [1.29, 1.82) is 0 Å². The minimum absolute atomic E-state index is 0.00341. The summed E-state index contributed by atoms with van der Waals surface area (Å²) >= 11 is 0. The first-order chi connectivity index (χ1) is 30.7. The van der Waals surface area contributed by atoms with Crippen molar-refractivity contribution in [3.05, 3.63) is 57.6 Å². The van der Waals surface area contributed by atoms with E-state index in [9.17, 15) is 30.0 Å². The highest BCUT2D eigenvalue weighted by Crippen LogP contribution is 2.49. The van der Waals surface area contributed by atoms with Gasteiger partial charge in [0.05, 0.1) is 0 Å². The van der Waals surface area contributed by atoms with Gasteiger partial charge in [0.2, 0.25) is 0 Å². The maximum absolute atomic E-state index is 14.3. The van der Waals surface area contributed by atoms with E-state index in [1.165, 1.54) is 116 Å². The molecular formula is C59H101O6S+. The van der Waals surface area contributed by atoms with Crippen LogP contribution in [0.15, 0.2) is 24.3 Å². The summed E-state index contributed by atoms with van der Waals surface area (Å²) in [6, 6.07) is 7.55. The number of unbranched alkanes of at least 4 members (excludes halogenated alkanes) is 18. The highest BCUT2D eigenvalue weighted by atomic mass is 32.2. The number of hydrogen-bond donors (Lipinski definition) is 4. The van der Waals surface area contributed by atoms with Crippen LogP contribution in [0.1, 0.15) is 271 Å². The lowest BCUT2D eigenvalue weighted by molar-refractivity contribution is -0.166. The van der Waals surface area contributed by atoms with Gasteiger partial charge in [-0.25, -0.2) is 0 Å². The van der Waals surface area contributed by atoms with E-state index in [1.54, 1.807) is 0 Å². The van der Waals surface area contributed by atoms with E-state index in [0.29, 0.717) is 39.8 Å². The maximum Gasteiger partial charge on any atom is 0.322 e. The Hall–Kier alpha value is -2.67. The molecule has 0 saturated carbocycles. The predicted molar refractivity (Wildman–Crippen MR) is 285 cm³/mol. The molecule has 1 unspecified atom stereocenters. The Labute approximate surface area is 408 Å². The lowest BCUT2D eigenvalue weighted by atomic mass is 9.65. The van der Waals surface area contributed by atoms with Crippen molar-refractivity contribution in [2.24, 2.45) is 5.41 Å². The van der Waals surface area contributed by atoms with Crippen molar-refractivity contribution in [3.63, 3.8) is 0 Å². The Morgan fingerprint density at radius 3 is 1.03 bits per heavy atom. The van der Waals surface area contributed by atoms with E-state index in [0.717, 1.165) is 30.1 Å². The number of carbonyl (C=O) groups is 2. The summed E-state index contributed by atoms with van der Waals surface area (Å²) in [5, 5.41) is 46.8. The Morgan fingerprint density at radius 1 is 0.455 bits per heavy atom. The van der Waals surface area contributed by atoms with Crippen LogP contribution in [0.4, 0.5) is 0 Å². The summed E-state index contributed by atoms with van der Waals surface area (Å²) in [6.45, 7) is 28.9. The van der Waals surface area contributed by atoms with Crippen molar-refractivity contribution in [3.8, 4) is 11.5 Å². The third kappa shape index (κ3) is 18.7. The van der Waals surface area contributed by atoms with E-state index in [1.807, 2.05) is 107 Å². The van der Waals surface area contributed by atoms with Crippen LogP contribution in [0, 0.1) is 5.41 Å². The van der Waals surface area contributed by atoms with Crippen LogP contribution >= 0.6 is 0 Å². The molecule has 0 bridgehead atoms. The average Bonchev–Trinajstić information content (AvgIpc) is 3.20. The molecule has 1 atom stereocenters. The van der Waals surface area contributed by atoms with Crippen LogP contribution < -0.4 is 0 Å². The molecule has 4 N–H and O–H groups in total. The smallest absolute Gasteiger partial charge is 0.322 e. The fourth-order valence-corrected chi connectivity index (χ4v) is 12.2. The van der Waals surface area contributed by atoms with Crippen LogP contribution in [0.3, 0.4) is 0 Å². The molecule has 378 valence electrons. The minimum Gasteiger partial charge on any atom is -0.507 e. The molecule has 6 nitrogen and oxygen atoms in total. The van der Waals surface area contributed by atoms with Crippen molar-refractivity contribution >= 4 is 22.8 Å². The molecule has 0 aliphatic rings. The standard InChI is InChI=1S/C59H100O6S/c1-15-17-19-21-23-25-27-29-31-33-36-66(37-34-32-30-28-26-24-22-20-18-16-2)38-35-46(45-41-49(57(9,10)11)52(61)50(42-45)58(12,13)14)59(53(62)63,54(64)65)43-44-39-47(55(3,4)5)51(60)48(40-44)56(6,7)8/h39-42,46H,15-38,43H2,1-14H3,(H3-,60,61,62,63,64,65)/p+1. The Kier molecular flexibility index (Phi) is 24.8. The summed E-state index contributed by atoms with van der Waals surface area (Å²) in [4.78, 5) is 28.5. The van der Waals surface area contributed by atoms with Gasteiger partial charge in [-0.2, -0.15) is 0 Å². The van der Waals surface area contributed by atoms with Gasteiger partial charge in [0, 0.05) is 12.3 Å². The zero-order valence-electron chi connectivity index (χ0n) is 45.1. The molecule has 0 radical (unpaired) electrons. The van der Waals surface area contributed by atoms with Gasteiger partial charge >= 0.3 is 11.9 Å². The van der Waals surface area contributed by atoms with Crippen LogP contribution in [0.25, 0.3) is 0 Å². The Balaban J connectivity index is 2.73. The van der Waals surface area contributed by atoms with Gasteiger partial charge in [-0.05, 0) is 98.0 Å². The number of rotatable bonds is 31. The normalized spacial score (nSPS) is 13.4. The highest BCUT2D eigenvalue weighted by molar-refractivity contribution is 7.96. The number of carboxylic acid groups (broad SMARTS) is 2. The van der Waals surface area contributed by atoms with Gasteiger partial charge in [0.15, 0.2) is 5.41 Å². The van der Waals surface area contributed by atoms with Crippen LogP contribution in [-0.4, -0.2) is 49.6 Å².